The van der Waals surface area contributed by atoms with Gasteiger partial charge in [0.1, 0.15) is 0 Å². The van der Waals surface area contributed by atoms with Gasteiger partial charge in [0.2, 0.25) is 0 Å². The number of ether oxygens (including phenoxy) is 1. The summed E-state index contributed by atoms with van der Waals surface area (Å²) in [5.41, 5.74) is 1.24. The van der Waals surface area contributed by atoms with Crippen LogP contribution in [0.5, 0.6) is 5.75 Å². The van der Waals surface area contributed by atoms with Gasteiger partial charge in [0, 0.05) is 0 Å². The van der Waals surface area contributed by atoms with E-state index < -0.39 is 19.8 Å². The number of hydrogen-bond acceptors (Lipinski definition) is 3. The molecule has 2 amide bonds. The van der Waals surface area contributed by atoms with E-state index in [0.717, 1.165) is 22.7 Å². The van der Waals surface area contributed by atoms with Crippen molar-refractivity contribution in [2.75, 3.05) is 53.6 Å². The number of guanidine groups is 1. The summed E-state index contributed by atoms with van der Waals surface area (Å²) < 4.78 is 9.25. The number of benzene rings is 2. The average Bonchev–Trinajstić information content (AvgIpc) is 2.78. The number of alkyl halides is 1. The molecule has 0 spiro atoms. The first kappa shape index (κ1) is 24.6. The van der Waals surface area contributed by atoms with Gasteiger partial charge in [-0.3, -0.25) is 0 Å². The molecular weight excluding hydrogens is 585 g/mol. The van der Waals surface area contributed by atoms with Crippen molar-refractivity contribution < 1.29 is 9.53 Å². The number of urea groups is 1. The standard InChI is InChI=1S/C23H31BrIN5O2/c1-25(18-8-10-19(32-6)11-9-18)21-13-17(7-12-20(21)24)14-27(3)22(26-2)30-15-28(4)23(31)29(5)16-30/h7-13H,14-16H2,1-6H3. The third-order valence-corrected chi connectivity index (χ3v) is 12.0. The van der Waals surface area contributed by atoms with Crippen LogP contribution in [0, 0.1) is 7.14 Å². The van der Waals surface area contributed by atoms with Gasteiger partial charge < -0.3 is 0 Å². The summed E-state index contributed by atoms with van der Waals surface area (Å²) in [4.78, 5) is 26.6. The Labute approximate surface area is 206 Å². The predicted molar refractivity (Wildman–Crippen MR) is 142 cm³/mol. The normalized spacial score (nSPS) is 15.2. The molecule has 1 fully saturated rings. The van der Waals surface area contributed by atoms with Gasteiger partial charge in [0.15, 0.2) is 0 Å². The SMILES string of the molecule is CN=C(N(C)Cc1ccc(Br)c(I(C)c2ccc(OC)cc2)c1)N1CN(C)C(=O)N(C)C1. The zero-order chi connectivity index (χ0) is 23.4. The van der Waals surface area contributed by atoms with Crippen molar-refractivity contribution in [3.05, 3.63) is 59.6 Å². The molecule has 7 nitrogen and oxygen atoms in total. The number of rotatable bonds is 5. The van der Waals surface area contributed by atoms with Crippen LogP contribution in [0.25, 0.3) is 0 Å². The summed E-state index contributed by atoms with van der Waals surface area (Å²) >= 11 is 2.21. The van der Waals surface area contributed by atoms with Crippen molar-refractivity contribution in [2.24, 2.45) is 4.99 Å². The van der Waals surface area contributed by atoms with Crippen LogP contribution in [0.2, 0.25) is 0 Å². The number of halogens is 2. The van der Waals surface area contributed by atoms with Crippen LogP contribution < -0.4 is 4.74 Å². The van der Waals surface area contributed by atoms with E-state index in [-0.39, 0.29) is 6.03 Å². The number of hydrogen-bond donors (Lipinski definition) is 0. The zero-order valence-electron chi connectivity index (χ0n) is 19.5. The minimum absolute atomic E-state index is 0.0232. The second-order valence-corrected chi connectivity index (χ2v) is 13.7. The molecule has 0 N–H and O–H groups in total. The van der Waals surface area contributed by atoms with Gasteiger partial charge in [0.05, 0.1) is 0 Å². The quantitative estimate of drug-likeness (QED) is 0.218. The second kappa shape index (κ2) is 10.7. The summed E-state index contributed by atoms with van der Waals surface area (Å²) in [5.74, 6) is 1.75. The van der Waals surface area contributed by atoms with Crippen LogP contribution in [-0.2, 0) is 6.54 Å². The van der Waals surface area contributed by atoms with E-state index >= 15 is 0 Å². The molecule has 1 heterocycles. The first-order valence-corrected chi connectivity index (χ1v) is 15.3. The molecule has 1 aliphatic rings. The van der Waals surface area contributed by atoms with Crippen molar-refractivity contribution in [3.63, 3.8) is 0 Å². The number of methoxy groups -OCH3 is 1. The predicted octanol–water partition coefficient (Wildman–Crippen LogP) is 4.27. The van der Waals surface area contributed by atoms with Crippen LogP contribution in [0.3, 0.4) is 0 Å². The summed E-state index contributed by atoms with van der Waals surface area (Å²) in [5, 5.41) is 0. The van der Waals surface area contributed by atoms with Gasteiger partial charge in [-0.1, -0.05) is 0 Å². The van der Waals surface area contributed by atoms with Crippen molar-refractivity contribution in [1.29, 1.82) is 0 Å². The maximum absolute atomic E-state index is 12.1. The minimum atomic E-state index is -1.56. The van der Waals surface area contributed by atoms with Crippen molar-refractivity contribution in [2.45, 2.75) is 6.54 Å². The molecule has 0 unspecified atom stereocenters. The van der Waals surface area contributed by atoms with Crippen LogP contribution in [-0.4, -0.2) is 85.2 Å². The Morgan fingerprint density at radius 3 is 2.34 bits per heavy atom. The first-order chi connectivity index (χ1) is 15.2. The number of amides is 2. The van der Waals surface area contributed by atoms with E-state index in [2.05, 4.69) is 66.0 Å². The van der Waals surface area contributed by atoms with E-state index in [1.165, 1.54) is 12.7 Å². The number of carbonyl (C=O) groups excluding carboxylic acids is 1. The van der Waals surface area contributed by atoms with Gasteiger partial charge >= 0.3 is 207 Å². The molecule has 3 rings (SSSR count). The van der Waals surface area contributed by atoms with Crippen molar-refractivity contribution in [1.82, 2.24) is 19.6 Å². The summed E-state index contributed by atoms with van der Waals surface area (Å²) in [6.45, 7) is 1.78. The Morgan fingerprint density at radius 1 is 1.16 bits per heavy atom. The van der Waals surface area contributed by atoms with Crippen molar-refractivity contribution in [3.8, 4) is 5.75 Å². The average molecular weight is 616 g/mol. The van der Waals surface area contributed by atoms with E-state index in [1.807, 2.05) is 33.3 Å². The van der Waals surface area contributed by atoms with Crippen LogP contribution in [0.4, 0.5) is 4.79 Å². The van der Waals surface area contributed by atoms with Crippen LogP contribution >= 0.6 is 35.7 Å². The molecule has 32 heavy (non-hydrogen) atoms. The van der Waals surface area contributed by atoms with Gasteiger partial charge in [-0.25, -0.2) is 0 Å². The maximum atomic E-state index is 12.1. The second-order valence-electron chi connectivity index (χ2n) is 7.76. The van der Waals surface area contributed by atoms with Gasteiger partial charge in [-0.2, -0.15) is 0 Å². The molecule has 0 bridgehead atoms. The third kappa shape index (κ3) is 5.48. The molecule has 1 aliphatic heterocycles. The number of nitrogens with zero attached hydrogens (tertiary/aromatic N) is 5. The van der Waals surface area contributed by atoms with Crippen LogP contribution in [0.15, 0.2) is 51.9 Å². The Morgan fingerprint density at radius 2 is 1.78 bits per heavy atom. The van der Waals surface area contributed by atoms with E-state index in [0.29, 0.717) is 13.3 Å². The molecule has 0 atom stereocenters. The van der Waals surface area contributed by atoms with Gasteiger partial charge in [0.25, 0.3) is 0 Å². The summed E-state index contributed by atoms with van der Waals surface area (Å²) in [6.07, 6.45) is 0. The number of aliphatic imine (C=N–C) groups is 1. The molecule has 2 aromatic carbocycles. The molecular formula is C23H31BrIN5O2. The summed E-state index contributed by atoms with van der Waals surface area (Å²) in [7, 11) is 9.16. The van der Waals surface area contributed by atoms with Crippen LogP contribution in [0.1, 0.15) is 5.56 Å². The Hall–Kier alpha value is -2.01. The molecule has 0 aromatic heterocycles. The Kier molecular flexibility index (Phi) is 8.26. The Bertz CT molecular complexity index is 971. The molecule has 0 radical (unpaired) electrons. The topological polar surface area (TPSA) is 51.6 Å². The fraction of sp³-hybridized carbons (Fsp3) is 0.391. The molecule has 0 aliphatic carbocycles. The Balaban J connectivity index is 1.77. The molecule has 174 valence electrons. The monoisotopic (exact) mass is 615 g/mol. The molecule has 9 heteroatoms. The first-order valence-electron chi connectivity index (χ1n) is 10.2. The molecule has 0 saturated carbocycles. The zero-order valence-corrected chi connectivity index (χ0v) is 23.2. The third-order valence-electron chi connectivity index (χ3n) is 5.33. The van der Waals surface area contributed by atoms with Crippen molar-refractivity contribution >= 4 is 47.7 Å². The van der Waals surface area contributed by atoms with E-state index in [4.69, 9.17) is 4.74 Å². The molecule has 1 saturated heterocycles. The fourth-order valence-corrected chi connectivity index (χ4v) is 9.41. The number of carbonyl (C=O) groups is 1. The molecule has 2 aromatic rings. The summed E-state index contributed by atoms with van der Waals surface area (Å²) in [6, 6.07) is 15.1. The van der Waals surface area contributed by atoms with Gasteiger partial charge in [-0.15, -0.1) is 0 Å². The van der Waals surface area contributed by atoms with E-state index in [9.17, 15) is 4.79 Å². The fourth-order valence-electron chi connectivity index (χ4n) is 3.73. The van der Waals surface area contributed by atoms with E-state index in [1.54, 1.807) is 24.0 Å². The van der Waals surface area contributed by atoms with Gasteiger partial charge in [-0.05, 0) is 0 Å².